The molecule has 0 aromatic heterocycles. The number of carbonyl (C=O) groups excluding carboxylic acids is 2. The minimum Gasteiger partial charge on any atom is -0.274 e. The molecule has 1 aliphatic rings. The number of amides is 2. The molecule has 0 saturated carbocycles. The number of likely N-dealkylation sites (tertiary alicyclic amines) is 1. The second kappa shape index (κ2) is 3.93. The van der Waals surface area contributed by atoms with Crippen molar-refractivity contribution >= 4 is 24.5 Å². The van der Waals surface area contributed by atoms with Crippen molar-refractivity contribution in [2.24, 2.45) is 9.98 Å². The van der Waals surface area contributed by atoms with Gasteiger partial charge in [-0.25, -0.2) is 9.89 Å². The predicted octanol–water partition coefficient (Wildman–Crippen LogP) is 0.212. The molecule has 0 aromatic carbocycles. The molecule has 0 spiro atoms. The quantitative estimate of drug-likeness (QED) is 0.304. The van der Waals surface area contributed by atoms with Crippen molar-refractivity contribution in [2.75, 3.05) is 7.05 Å². The lowest BCUT2D eigenvalue weighted by atomic mass is 10.1. The Labute approximate surface area is 76.2 Å². The first-order valence-electron chi connectivity index (χ1n) is 4.00. The van der Waals surface area contributed by atoms with Crippen molar-refractivity contribution in [1.82, 2.24) is 4.90 Å². The van der Waals surface area contributed by atoms with E-state index in [-0.39, 0.29) is 17.8 Å². The van der Waals surface area contributed by atoms with E-state index in [0.29, 0.717) is 19.3 Å². The summed E-state index contributed by atoms with van der Waals surface area (Å²) in [6, 6.07) is 0. The molecule has 0 bridgehead atoms. The molecule has 0 unspecified atom stereocenters. The van der Waals surface area contributed by atoms with Crippen LogP contribution in [0, 0.1) is 0 Å². The van der Waals surface area contributed by atoms with Gasteiger partial charge in [-0.15, -0.1) is 0 Å². The summed E-state index contributed by atoms with van der Waals surface area (Å²) >= 11 is 0. The Kier molecular flexibility index (Phi) is 2.89. The van der Waals surface area contributed by atoms with Gasteiger partial charge in [0.25, 0.3) is 0 Å². The minimum absolute atomic E-state index is 0.0923. The Morgan fingerprint density at radius 3 is 2.31 bits per heavy atom. The molecule has 0 aromatic rings. The molecule has 0 N–H and O–H groups in total. The van der Waals surface area contributed by atoms with Gasteiger partial charge in [0, 0.05) is 19.9 Å². The number of hydrogen-bond donors (Lipinski definition) is 0. The molecule has 1 aliphatic heterocycles. The first kappa shape index (κ1) is 9.57. The SMILES string of the molecule is C=NC(=NC)N1C(=O)CCCC1=O. The average Bonchev–Trinajstić information content (AvgIpc) is 2.11. The van der Waals surface area contributed by atoms with Gasteiger partial charge in [0.2, 0.25) is 17.8 Å². The molecule has 1 heterocycles. The topological polar surface area (TPSA) is 62.1 Å². The van der Waals surface area contributed by atoms with E-state index >= 15 is 0 Å². The van der Waals surface area contributed by atoms with E-state index in [1.54, 1.807) is 0 Å². The fraction of sp³-hybridized carbons (Fsp3) is 0.500. The van der Waals surface area contributed by atoms with E-state index in [4.69, 9.17) is 0 Å². The first-order chi connectivity index (χ1) is 6.20. The number of hydrogen-bond acceptors (Lipinski definition) is 3. The molecule has 5 heteroatoms. The molecule has 0 aliphatic carbocycles. The van der Waals surface area contributed by atoms with Crippen LogP contribution in [-0.4, -0.2) is 36.4 Å². The van der Waals surface area contributed by atoms with Gasteiger partial charge < -0.3 is 0 Å². The number of carbonyl (C=O) groups is 2. The zero-order valence-corrected chi connectivity index (χ0v) is 7.49. The van der Waals surface area contributed by atoms with Gasteiger partial charge in [0.15, 0.2) is 0 Å². The van der Waals surface area contributed by atoms with Gasteiger partial charge in [0.1, 0.15) is 0 Å². The summed E-state index contributed by atoms with van der Waals surface area (Å²) in [4.78, 5) is 30.8. The lowest BCUT2D eigenvalue weighted by Gasteiger charge is -2.22. The first-order valence-corrected chi connectivity index (χ1v) is 4.00. The maximum absolute atomic E-state index is 11.3. The van der Waals surface area contributed by atoms with Crippen LogP contribution in [0.5, 0.6) is 0 Å². The second-order valence-corrected chi connectivity index (χ2v) is 2.66. The van der Waals surface area contributed by atoms with Crippen molar-refractivity contribution in [1.29, 1.82) is 0 Å². The summed E-state index contributed by atoms with van der Waals surface area (Å²) < 4.78 is 0. The molecule has 2 amide bonds. The molecule has 0 radical (unpaired) electrons. The molecule has 1 saturated heterocycles. The predicted molar refractivity (Wildman–Crippen MR) is 48.6 cm³/mol. The fourth-order valence-corrected chi connectivity index (χ4v) is 1.22. The van der Waals surface area contributed by atoms with Crippen molar-refractivity contribution in [2.45, 2.75) is 19.3 Å². The third-order valence-corrected chi connectivity index (χ3v) is 1.82. The second-order valence-electron chi connectivity index (χ2n) is 2.66. The van der Waals surface area contributed by atoms with E-state index in [0.717, 1.165) is 4.90 Å². The van der Waals surface area contributed by atoms with Crippen LogP contribution < -0.4 is 0 Å². The number of nitrogens with zero attached hydrogens (tertiary/aromatic N) is 3. The molecule has 0 atom stereocenters. The molecule has 5 nitrogen and oxygen atoms in total. The van der Waals surface area contributed by atoms with E-state index in [1.165, 1.54) is 7.05 Å². The number of guanidine groups is 1. The molecule has 1 rings (SSSR count). The zero-order valence-electron chi connectivity index (χ0n) is 7.49. The van der Waals surface area contributed by atoms with Crippen LogP contribution in [-0.2, 0) is 9.59 Å². The monoisotopic (exact) mass is 181 g/mol. The van der Waals surface area contributed by atoms with E-state index in [2.05, 4.69) is 16.7 Å². The van der Waals surface area contributed by atoms with Crippen molar-refractivity contribution in [3.8, 4) is 0 Å². The van der Waals surface area contributed by atoms with Crippen LogP contribution in [0.1, 0.15) is 19.3 Å². The number of rotatable bonds is 0. The summed E-state index contributed by atoms with van der Waals surface area (Å²) in [5, 5.41) is 0. The van der Waals surface area contributed by atoms with Crippen LogP contribution in [0.2, 0.25) is 0 Å². The number of piperidine rings is 1. The van der Waals surface area contributed by atoms with Crippen LogP contribution in [0.15, 0.2) is 9.98 Å². The highest BCUT2D eigenvalue weighted by Crippen LogP contribution is 2.12. The van der Waals surface area contributed by atoms with Gasteiger partial charge in [0.05, 0.1) is 0 Å². The number of imide groups is 1. The minimum atomic E-state index is -0.246. The zero-order chi connectivity index (χ0) is 9.84. The molecular weight excluding hydrogens is 170 g/mol. The van der Waals surface area contributed by atoms with Gasteiger partial charge in [-0.05, 0) is 13.1 Å². The summed E-state index contributed by atoms with van der Waals surface area (Å²) in [5.74, 6) is -0.400. The van der Waals surface area contributed by atoms with Gasteiger partial charge >= 0.3 is 0 Å². The maximum Gasteiger partial charge on any atom is 0.236 e. The Balaban J connectivity index is 2.91. The van der Waals surface area contributed by atoms with E-state index < -0.39 is 0 Å². The van der Waals surface area contributed by atoms with Gasteiger partial charge in [-0.2, -0.15) is 0 Å². The fourth-order valence-electron chi connectivity index (χ4n) is 1.22. The van der Waals surface area contributed by atoms with E-state index in [1.807, 2.05) is 0 Å². The lowest BCUT2D eigenvalue weighted by Crippen LogP contribution is -2.43. The van der Waals surface area contributed by atoms with Crippen molar-refractivity contribution in [3.05, 3.63) is 0 Å². The molecular formula is C8H11N3O2. The van der Waals surface area contributed by atoms with Crippen molar-refractivity contribution in [3.63, 3.8) is 0 Å². The molecule has 70 valence electrons. The molecule has 13 heavy (non-hydrogen) atoms. The van der Waals surface area contributed by atoms with Crippen LogP contribution in [0.3, 0.4) is 0 Å². The van der Waals surface area contributed by atoms with Crippen molar-refractivity contribution < 1.29 is 9.59 Å². The summed E-state index contributed by atoms with van der Waals surface area (Å²) in [6.45, 7) is 3.25. The van der Waals surface area contributed by atoms with Crippen LogP contribution in [0.4, 0.5) is 0 Å². The summed E-state index contributed by atoms with van der Waals surface area (Å²) in [5.41, 5.74) is 0. The Hall–Kier alpha value is -1.52. The Morgan fingerprint density at radius 2 is 1.92 bits per heavy atom. The molecule has 1 fully saturated rings. The third-order valence-electron chi connectivity index (χ3n) is 1.82. The highest BCUT2D eigenvalue weighted by molar-refractivity contribution is 6.13. The average molecular weight is 181 g/mol. The summed E-state index contributed by atoms with van der Waals surface area (Å²) in [6.07, 6.45) is 1.36. The standard InChI is InChI=1S/C8H11N3O2/c1-9-8(10-2)11-6(12)4-3-5-7(11)13/h1,3-5H2,2H3. The van der Waals surface area contributed by atoms with Gasteiger partial charge in [-0.3, -0.25) is 14.6 Å². The highest BCUT2D eigenvalue weighted by atomic mass is 16.2. The lowest BCUT2D eigenvalue weighted by molar-refractivity contribution is -0.142. The highest BCUT2D eigenvalue weighted by Gasteiger charge is 2.29. The van der Waals surface area contributed by atoms with E-state index in [9.17, 15) is 9.59 Å². The smallest absolute Gasteiger partial charge is 0.236 e. The van der Waals surface area contributed by atoms with Crippen LogP contribution in [0.25, 0.3) is 0 Å². The maximum atomic E-state index is 11.3. The van der Waals surface area contributed by atoms with Crippen LogP contribution >= 0.6 is 0 Å². The Bertz CT molecular complexity index is 267. The normalized spacial score (nSPS) is 19.2. The van der Waals surface area contributed by atoms with Gasteiger partial charge in [-0.1, -0.05) is 0 Å². The Morgan fingerprint density at radius 1 is 1.38 bits per heavy atom. The number of aliphatic imine (C=N–C) groups is 2. The third kappa shape index (κ3) is 1.80. The largest absolute Gasteiger partial charge is 0.274 e. The summed E-state index contributed by atoms with van der Waals surface area (Å²) in [7, 11) is 1.47.